The number of benzene rings is 1. The van der Waals surface area contributed by atoms with Gasteiger partial charge in [0.15, 0.2) is 0 Å². The van der Waals surface area contributed by atoms with Gasteiger partial charge in [0.2, 0.25) is 0 Å². The Morgan fingerprint density at radius 1 is 1.15 bits per heavy atom. The first-order chi connectivity index (χ1) is 9.78. The predicted molar refractivity (Wildman–Crippen MR) is 83.3 cm³/mol. The Labute approximate surface area is 128 Å². The lowest BCUT2D eigenvalue weighted by Crippen LogP contribution is -2.13. The molecule has 0 radical (unpaired) electrons. The molecule has 1 N–H and O–H groups in total. The van der Waals surface area contributed by atoms with E-state index in [1.807, 2.05) is 30.3 Å². The Morgan fingerprint density at radius 2 is 2.00 bits per heavy atom. The molecule has 0 bridgehead atoms. The molecule has 0 unspecified atom stereocenters. The molecule has 2 rings (SSSR count). The van der Waals surface area contributed by atoms with Crippen LogP contribution in [0.25, 0.3) is 0 Å². The topological polar surface area (TPSA) is 34.4 Å². The summed E-state index contributed by atoms with van der Waals surface area (Å²) in [5, 5.41) is 3.31. The molecule has 0 atom stereocenters. The van der Waals surface area contributed by atoms with E-state index < -0.39 is 0 Å². The number of hydrogen-bond donors (Lipinski definition) is 1. The van der Waals surface area contributed by atoms with Crippen LogP contribution in [0.4, 0.5) is 0 Å². The minimum Gasteiger partial charge on any atom is -0.462 e. The molecule has 2 aromatic rings. The van der Waals surface area contributed by atoms with E-state index in [-0.39, 0.29) is 0 Å². The average molecular weight is 338 g/mol. The summed E-state index contributed by atoms with van der Waals surface area (Å²) >= 11 is 3.45. The molecular formula is C16H20BrNO2. The van der Waals surface area contributed by atoms with E-state index in [9.17, 15) is 0 Å². The molecule has 0 aliphatic rings. The zero-order valence-electron chi connectivity index (χ0n) is 11.7. The van der Waals surface area contributed by atoms with Gasteiger partial charge in [-0.15, -0.1) is 0 Å². The number of halogens is 1. The smallest absolute Gasteiger partial charge is 0.129 e. The van der Waals surface area contributed by atoms with Crippen LogP contribution in [0.2, 0.25) is 0 Å². The molecule has 0 saturated carbocycles. The van der Waals surface area contributed by atoms with Crippen LogP contribution < -0.4 is 5.32 Å². The fourth-order valence-electron chi connectivity index (χ4n) is 1.88. The summed E-state index contributed by atoms with van der Waals surface area (Å²) in [4.78, 5) is 0. The lowest BCUT2D eigenvalue weighted by Gasteiger charge is -2.03. The van der Waals surface area contributed by atoms with Crippen LogP contribution in [0.3, 0.4) is 0 Å². The molecule has 4 heteroatoms. The molecule has 1 aromatic carbocycles. The van der Waals surface area contributed by atoms with Gasteiger partial charge in [-0.3, -0.25) is 0 Å². The van der Waals surface area contributed by atoms with E-state index in [0.29, 0.717) is 13.2 Å². The van der Waals surface area contributed by atoms with Gasteiger partial charge in [-0.25, -0.2) is 0 Å². The van der Waals surface area contributed by atoms with Crippen LogP contribution in [-0.2, 0) is 24.5 Å². The zero-order valence-corrected chi connectivity index (χ0v) is 13.3. The second-order valence-corrected chi connectivity index (χ2v) is 5.58. The SMILES string of the molecule is CCCNCc1ccc(COCc2cccc(Br)c2)o1. The summed E-state index contributed by atoms with van der Waals surface area (Å²) in [5.41, 5.74) is 1.15. The highest BCUT2D eigenvalue weighted by atomic mass is 79.9. The molecule has 1 heterocycles. The van der Waals surface area contributed by atoms with Crippen molar-refractivity contribution in [2.24, 2.45) is 0 Å². The van der Waals surface area contributed by atoms with Crippen molar-refractivity contribution >= 4 is 15.9 Å². The van der Waals surface area contributed by atoms with Crippen molar-refractivity contribution in [2.45, 2.75) is 33.1 Å². The van der Waals surface area contributed by atoms with Crippen LogP contribution in [0.1, 0.15) is 30.4 Å². The van der Waals surface area contributed by atoms with Gasteiger partial charge in [0, 0.05) is 4.47 Å². The van der Waals surface area contributed by atoms with Gasteiger partial charge in [-0.1, -0.05) is 35.0 Å². The van der Waals surface area contributed by atoms with Crippen LogP contribution in [0.5, 0.6) is 0 Å². The first-order valence-electron chi connectivity index (χ1n) is 6.88. The third-order valence-corrected chi connectivity index (χ3v) is 3.34. The van der Waals surface area contributed by atoms with E-state index in [4.69, 9.17) is 9.15 Å². The third kappa shape index (κ3) is 5.12. The normalized spacial score (nSPS) is 10.9. The van der Waals surface area contributed by atoms with Crippen molar-refractivity contribution in [1.29, 1.82) is 0 Å². The fraction of sp³-hybridized carbons (Fsp3) is 0.375. The van der Waals surface area contributed by atoms with E-state index in [0.717, 1.165) is 41.1 Å². The van der Waals surface area contributed by atoms with Crippen LogP contribution in [-0.4, -0.2) is 6.54 Å². The highest BCUT2D eigenvalue weighted by Gasteiger charge is 2.02. The Balaban J connectivity index is 1.74. The van der Waals surface area contributed by atoms with Crippen molar-refractivity contribution in [3.05, 3.63) is 58.0 Å². The van der Waals surface area contributed by atoms with E-state index in [1.165, 1.54) is 0 Å². The highest BCUT2D eigenvalue weighted by Crippen LogP contribution is 2.14. The molecule has 1 aromatic heterocycles. The molecule has 108 valence electrons. The van der Waals surface area contributed by atoms with E-state index in [2.05, 4.69) is 34.2 Å². The monoisotopic (exact) mass is 337 g/mol. The fourth-order valence-corrected chi connectivity index (χ4v) is 2.33. The van der Waals surface area contributed by atoms with Crippen LogP contribution in [0.15, 0.2) is 45.3 Å². The molecule has 0 aliphatic heterocycles. The number of furan rings is 1. The number of nitrogens with one attached hydrogen (secondary N) is 1. The first-order valence-corrected chi connectivity index (χ1v) is 7.67. The third-order valence-electron chi connectivity index (χ3n) is 2.85. The maximum absolute atomic E-state index is 5.70. The zero-order chi connectivity index (χ0) is 14.2. The lowest BCUT2D eigenvalue weighted by atomic mass is 10.2. The molecular weight excluding hydrogens is 318 g/mol. The average Bonchev–Trinajstić information content (AvgIpc) is 2.87. The Hall–Kier alpha value is -1.10. The lowest BCUT2D eigenvalue weighted by molar-refractivity contribution is 0.0919. The highest BCUT2D eigenvalue weighted by molar-refractivity contribution is 9.10. The summed E-state index contributed by atoms with van der Waals surface area (Å²) in [6, 6.07) is 12.1. The Morgan fingerprint density at radius 3 is 2.80 bits per heavy atom. The number of hydrogen-bond acceptors (Lipinski definition) is 3. The molecule has 0 fully saturated rings. The van der Waals surface area contributed by atoms with Crippen LogP contribution in [0, 0.1) is 0 Å². The van der Waals surface area contributed by atoms with Crippen molar-refractivity contribution < 1.29 is 9.15 Å². The minimum atomic E-state index is 0.500. The standard InChI is InChI=1S/C16H20BrNO2/c1-2-8-18-10-15-6-7-16(20-15)12-19-11-13-4-3-5-14(17)9-13/h3-7,9,18H,2,8,10-12H2,1H3. The summed E-state index contributed by atoms with van der Waals surface area (Å²) < 4.78 is 12.4. The quantitative estimate of drug-likeness (QED) is 0.731. The van der Waals surface area contributed by atoms with Crippen molar-refractivity contribution in [3.63, 3.8) is 0 Å². The second kappa shape index (κ2) is 8.25. The summed E-state index contributed by atoms with van der Waals surface area (Å²) in [6.07, 6.45) is 1.13. The van der Waals surface area contributed by atoms with Gasteiger partial charge >= 0.3 is 0 Å². The molecule has 3 nitrogen and oxygen atoms in total. The van der Waals surface area contributed by atoms with Gasteiger partial charge in [0.05, 0.1) is 13.2 Å². The Bertz CT molecular complexity index is 525. The molecule has 0 spiro atoms. The Kier molecular flexibility index (Phi) is 6.30. The maximum atomic E-state index is 5.70. The summed E-state index contributed by atoms with van der Waals surface area (Å²) in [7, 11) is 0. The van der Waals surface area contributed by atoms with Gasteiger partial charge in [0.1, 0.15) is 18.1 Å². The maximum Gasteiger partial charge on any atom is 0.129 e. The largest absolute Gasteiger partial charge is 0.462 e. The molecule has 20 heavy (non-hydrogen) atoms. The molecule has 0 saturated heterocycles. The van der Waals surface area contributed by atoms with Crippen LogP contribution >= 0.6 is 15.9 Å². The van der Waals surface area contributed by atoms with Gasteiger partial charge in [-0.05, 0) is 42.8 Å². The second-order valence-electron chi connectivity index (χ2n) is 4.67. The van der Waals surface area contributed by atoms with Gasteiger partial charge in [-0.2, -0.15) is 0 Å². The number of ether oxygens (including phenoxy) is 1. The first kappa shape index (κ1) is 15.3. The van der Waals surface area contributed by atoms with Crippen molar-refractivity contribution in [2.75, 3.05) is 6.54 Å². The predicted octanol–water partition coefficient (Wildman–Crippen LogP) is 4.26. The summed E-state index contributed by atoms with van der Waals surface area (Å²) in [6.45, 7) is 5.02. The number of rotatable bonds is 8. The van der Waals surface area contributed by atoms with E-state index in [1.54, 1.807) is 0 Å². The van der Waals surface area contributed by atoms with Crippen molar-refractivity contribution in [3.8, 4) is 0 Å². The molecule has 0 amide bonds. The van der Waals surface area contributed by atoms with Gasteiger partial charge < -0.3 is 14.5 Å². The minimum absolute atomic E-state index is 0.500. The molecule has 0 aliphatic carbocycles. The summed E-state index contributed by atoms with van der Waals surface area (Å²) in [5.74, 6) is 1.83. The van der Waals surface area contributed by atoms with E-state index >= 15 is 0 Å². The van der Waals surface area contributed by atoms with Gasteiger partial charge in [0.25, 0.3) is 0 Å². The van der Waals surface area contributed by atoms with Crippen molar-refractivity contribution in [1.82, 2.24) is 5.32 Å².